The number of hydrogen-bond acceptors (Lipinski definition) is 5. The molecule has 9 heteroatoms. The highest BCUT2D eigenvalue weighted by Crippen LogP contribution is 2.28. The zero-order valence-electron chi connectivity index (χ0n) is 12.7. The standard InChI is InChI=1S/C14H17N3O5S/c1-17-8-13(15-9-17)23(20,21)16-11-7-10(4-6-14(18)19)3-5-12(11)22-2/h3,5,7-9,16H,4,6H2,1-2H3,(H,18,19). The average molecular weight is 339 g/mol. The lowest BCUT2D eigenvalue weighted by Gasteiger charge is -2.12. The maximum atomic E-state index is 12.3. The summed E-state index contributed by atoms with van der Waals surface area (Å²) < 4.78 is 33.7. The summed E-state index contributed by atoms with van der Waals surface area (Å²) in [4.78, 5) is 14.5. The van der Waals surface area contributed by atoms with Gasteiger partial charge >= 0.3 is 5.97 Å². The van der Waals surface area contributed by atoms with E-state index >= 15 is 0 Å². The summed E-state index contributed by atoms with van der Waals surface area (Å²) in [7, 11) is -0.764. The van der Waals surface area contributed by atoms with Gasteiger partial charge < -0.3 is 14.4 Å². The predicted molar refractivity (Wildman–Crippen MR) is 83.0 cm³/mol. The Bertz CT molecular complexity index is 814. The fraction of sp³-hybridized carbons (Fsp3) is 0.286. The molecule has 8 nitrogen and oxygen atoms in total. The molecule has 0 aliphatic rings. The van der Waals surface area contributed by atoms with Crippen LogP contribution in [-0.2, 0) is 28.3 Å². The average Bonchev–Trinajstić information content (AvgIpc) is 2.92. The number of nitrogens with one attached hydrogen (secondary N) is 1. The number of sulfonamides is 1. The number of aliphatic carboxylic acids is 1. The summed E-state index contributed by atoms with van der Waals surface area (Å²) in [5.74, 6) is -0.583. The fourth-order valence-electron chi connectivity index (χ4n) is 1.97. The number of methoxy groups -OCH3 is 1. The van der Waals surface area contributed by atoms with Crippen molar-refractivity contribution in [3.8, 4) is 5.75 Å². The number of carboxylic acids is 1. The van der Waals surface area contributed by atoms with Crippen molar-refractivity contribution in [2.45, 2.75) is 17.9 Å². The highest BCUT2D eigenvalue weighted by Gasteiger charge is 2.19. The van der Waals surface area contributed by atoms with E-state index in [-0.39, 0.29) is 23.6 Å². The normalized spacial score (nSPS) is 11.2. The maximum absolute atomic E-state index is 12.3. The molecule has 2 rings (SSSR count). The number of hydrogen-bond donors (Lipinski definition) is 2. The molecule has 2 aromatic rings. The Kier molecular flexibility index (Phi) is 4.89. The van der Waals surface area contributed by atoms with Gasteiger partial charge in [-0.2, -0.15) is 8.42 Å². The van der Waals surface area contributed by atoms with Crippen LogP contribution in [0.3, 0.4) is 0 Å². The Labute approximate surface area is 133 Å². The molecule has 2 N–H and O–H groups in total. The van der Waals surface area contributed by atoms with E-state index in [9.17, 15) is 13.2 Å². The molecule has 0 saturated carbocycles. The molecule has 0 spiro atoms. The molecule has 23 heavy (non-hydrogen) atoms. The van der Waals surface area contributed by atoms with Crippen LogP contribution in [0.5, 0.6) is 5.75 Å². The molecule has 1 aromatic carbocycles. The molecule has 1 aromatic heterocycles. The summed E-state index contributed by atoms with van der Waals surface area (Å²) in [6.07, 6.45) is 3.01. The van der Waals surface area contributed by atoms with E-state index in [1.165, 1.54) is 24.2 Å². The van der Waals surface area contributed by atoms with E-state index < -0.39 is 16.0 Å². The second-order valence-electron chi connectivity index (χ2n) is 4.91. The first-order chi connectivity index (χ1) is 10.8. The lowest BCUT2D eigenvalue weighted by molar-refractivity contribution is -0.136. The number of anilines is 1. The second-order valence-corrected chi connectivity index (χ2v) is 6.54. The molecule has 0 fully saturated rings. The number of carboxylic acid groups (broad SMARTS) is 1. The summed E-state index contributed by atoms with van der Waals surface area (Å²) in [6, 6.07) is 4.84. The number of nitrogens with zero attached hydrogens (tertiary/aromatic N) is 2. The van der Waals surface area contributed by atoms with E-state index in [1.54, 1.807) is 25.2 Å². The molecule has 1 heterocycles. The van der Waals surface area contributed by atoms with E-state index in [4.69, 9.17) is 9.84 Å². The molecular formula is C14H17N3O5S. The Morgan fingerprint density at radius 2 is 2.17 bits per heavy atom. The summed E-state index contributed by atoms with van der Waals surface area (Å²) in [5.41, 5.74) is 0.924. The van der Waals surface area contributed by atoms with E-state index in [0.717, 1.165) is 0 Å². The number of benzene rings is 1. The fourth-order valence-corrected chi connectivity index (χ4v) is 3.01. The number of aromatic nitrogens is 2. The molecule has 0 unspecified atom stereocenters. The topological polar surface area (TPSA) is 111 Å². The van der Waals surface area contributed by atoms with Gasteiger partial charge in [0.2, 0.25) is 0 Å². The Hall–Kier alpha value is -2.55. The Balaban J connectivity index is 2.29. The number of rotatable bonds is 7. The number of imidazole rings is 1. The van der Waals surface area contributed by atoms with Gasteiger partial charge in [-0.05, 0) is 24.1 Å². The third-order valence-electron chi connectivity index (χ3n) is 3.09. The molecule has 0 amide bonds. The van der Waals surface area contributed by atoms with Crippen LogP contribution < -0.4 is 9.46 Å². The van der Waals surface area contributed by atoms with Gasteiger partial charge in [-0.3, -0.25) is 9.52 Å². The Morgan fingerprint density at radius 3 is 2.74 bits per heavy atom. The first-order valence-electron chi connectivity index (χ1n) is 6.71. The first-order valence-corrected chi connectivity index (χ1v) is 8.19. The van der Waals surface area contributed by atoms with Crippen molar-refractivity contribution in [3.05, 3.63) is 36.3 Å². The quantitative estimate of drug-likeness (QED) is 0.785. The summed E-state index contributed by atoms with van der Waals surface area (Å²) in [5, 5.41) is 8.62. The van der Waals surface area contributed by atoms with Crippen molar-refractivity contribution in [1.29, 1.82) is 0 Å². The zero-order valence-corrected chi connectivity index (χ0v) is 13.5. The van der Waals surface area contributed by atoms with Crippen LogP contribution in [0.4, 0.5) is 5.69 Å². The highest BCUT2D eigenvalue weighted by atomic mass is 32.2. The van der Waals surface area contributed by atoms with Gasteiger partial charge in [0, 0.05) is 19.7 Å². The molecule has 0 bridgehead atoms. The van der Waals surface area contributed by atoms with Crippen molar-refractivity contribution in [2.24, 2.45) is 7.05 Å². The smallest absolute Gasteiger partial charge is 0.303 e. The molecule has 124 valence electrons. The first kappa shape index (κ1) is 16.8. The van der Waals surface area contributed by atoms with Crippen LogP contribution in [0.15, 0.2) is 35.7 Å². The number of aryl methyl sites for hydroxylation is 2. The molecule has 0 atom stereocenters. The van der Waals surface area contributed by atoms with Gasteiger partial charge in [0.25, 0.3) is 10.0 Å². The van der Waals surface area contributed by atoms with Crippen LogP contribution in [0.2, 0.25) is 0 Å². The van der Waals surface area contributed by atoms with E-state index in [1.807, 2.05) is 0 Å². The van der Waals surface area contributed by atoms with Crippen LogP contribution >= 0.6 is 0 Å². The number of carbonyl (C=O) groups is 1. The molecular weight excluding hydrogens is 322 g/mol. The highest BCUT2D eigenvalue weighted by molar-refractivity contribution is 7.92. The van der Waals surface area contributed by atoms with Crippen molar-refractivity contribution in [2.75, 3.05) is 11.8 Å². The van der Waals surface area contributed by atoms with Crippen molar-refractivity contribution >= 4 is 21.7 Å². The van der Waals surface area contributed by atoms with E-state index in [2.05, 4.69) is 9.71 Å². The summed E-state index contributed by atoms with van der Waals surface area (Å²) >= 11 is 0. The molecule has 0 saturated heterocycles. The molecule has 0 radical (unpaired) electrons. The lowest BCUT2D eigenvalue weighted by Crippen LogP contribution is -2.14. The largest absolute Gasteiger partial charge is 0.495 e. The minimum absolute atomic E-state index is 0.0429. The van der Waals surface area contributed by atoms with Gasteiger partial charge in [-0.15, -0.1) is 0 Å². The van der Waals surface area contributed by atoms with Crippen LogP contribution in [-0.4, -0.2) is 36.2 Å². The molecule has 0 aliphatic heterocycles. The number of ether oxygens (including phenoxy) is 1. The monoisotopic (exact) mass is 339 g/mol. The zero-order chi connectivity index (χ0) is 17.0. The van der Waals surface area contributed by atoms with Crippen LogP contribution in [0.25, 0.3) is 0 Å². The third-order valence-corrected chi connectivity index (χ3v) is 4.34. The summed E-state index contributed by atoms with van der Waals surface area (Å²) in [6.45, 7) is 0. The van der Waals surface area contributed by atoms with Crippen molar-refractivity contribution in [1.82, 2.24) is 9.55 Å². The van der Waals surface area contributed by atoms with Gasteiger partial charge in [0.15, 0.2) is 5.03 Å². The third kappa shape index (κ3) is 4.22. The van der Waals surface area contributed by atoms with Crippen molar-refractivity contribution < 1.29 is 23.1 Å². The van der Waals surface area contributed by atoms with Crippen LogP contribution in [0.1, 0.15) is 12.0 Å². The van der Waals surface area contributed by atoms with Gasteiger partial charge in [0.1, 0.15) is 5.75 Å². The predicted octanol–water partition coefficient (Wildman–Crippen LogP) is 1.25. The lowest BCUT2D eigenvalue weighted by atomic mass is 10.1. The maximum Gasteiger partial charge on any atom is 0.303 e. The van der Waals surface area contributed by atoms with Gasteiger partial charge in [-0.1, -0.05) is 6.07 Å². The Morgan fingerprint density at radius 1 is 1.43 bits per heavy atom. The second kappa shape index (κ2) is 6.69. The van der Waals surface area contributed by atoms with Gasteiger partial charge in [0.05, 0.1) is 19.1 Å². The van der Waals surface area contributed by atoms with Crippen LogP contribution in [0, 0.1) is 0 Å². The van der Waals surface area contributed by atoms with E-state index in [0.29, 0.717) is 11.3 Å². The minimum atomic E-state index is -3.85. The SMILES string of the molecule is COc1ccc(CCC(=O)O)cc1NS(=O)(=O)c1cn(C)cn1. The van der Waals surface area contributed by atoms with Crippen molar-refractivity contribution in [3.63, 3.8) is 0 Å². The van der Waals surface area contributed by atoms with Gasteiger partial charge in [-0.25, -0.2) is 4.98 Å². The molecule has 0 aliphatic carbocycles. The minimum Gasteiger partial charge on any atom is -0.495 e.